The van der Waals surface area contributed by atoms with Crippen LogP contribution in [0.15, 0.2) is 27.1 Å². The SMILES string of the molecule is O=C(c1cc(Br)cc(Br)c1)C1CCOC2(CCOC2)C1. The van der Waals surface area contributed by atoms with Crippen LogP contribution in [-0.2, 0) is 9.47 Å². The van der Waals surface area contributed by atoms with E-state index in [-0.39, 0.29) is 17.3 Å². The van der Waals surface area contributed by atoms with Gasteiger partial charge in [-0.05, 0) is 31.0 Å². The predicted molar refractivity (Wildman–Crippen MR) is 83.0 cm³/mol. The average Bonchev–Trinajstić information content (AvgIpc) is 2.85. The summed E-state index contributed by atoms with van der Waals surface area (Å²) in [6.45, 7) is 2.01. The molecule has 0 aromatic heterocycles. The first-order valence-corrected chi connectivity index (χ1v) is 8.39. The summed E-state index contributed by atoms with van der Waals surface area (Å²) in [6, 6.07) is 5.72. The fourth-order valence-electron chi connectivity index (χ4n) is 3.05. The summed E-state index contributed by atoms with van der Waals surface area (Å²) in [4.78, 5) is 12.7. The number of ketones is 1. The molecule has 2 aliphatic heterocycles. The van der Waals surface area contributed by atoms with Gasteiger partial charge in [0.1, 0.15) is 0 Å². The molecule has 1 aromatic rings. The fraction of sp³-hybridized carbons (Fsp3) is 0.533. The van der Waals surface area contributed by atoms with E-state index in [4.69, 9.17) is 9.47 Å². The molecule has 0 N–H and O–H groups in total. The van der Waals surface area contributed by atoms with Crippen molar-refractivity contribution >= 4 is 37.6 Å². The van der Waals surface area contributed by atoms with Gasteiger partial charge in [-0.15, -0.1) is 0 Å². The molecule has 0 saturated carbocycles. The predicted octanol–water partition coefficient (Wildman–Crippen LogP) is 3.98. The van der Waals surface area contributed by atoms with Gasteiger partial charge in [0.2, 0.25) is 0 Å². The number of Topliss-reactive ketones (excluding diaryl/α,β-unsaturated/α-hetero) is 1. The Hall–Kier alpha value is -0.230. The molecule has 0 bridgehead atoms. The van der Waals surface area contributed by atoms with Gasteiger partial charge in [0.15, 0.2) is 5.78 Å². The minimum atomic E-state index is -0.220. The third-order valence-corrected chi connectivity index (χ3v) is 4.99. The summed E-state index contributed by atoms with van der Waals surface area (Å²) in [7, 11) is 0. The Morgan fingerprint density at radius 1 is 1.20 bits per heavy atom. The van der Waals surface area contributed by atoms with Crippen molar-refractivity contribution in [2.24, 2.45) is 5.92 Å². The minimum absolute atomic E-state index is 0.0339. The Morgan fingerprint density at radius 2 is 1.95 bits per heavy atom. The van der Waals surface area contributed by atoms with Gasteiger partial charge in [0.25, 0.3) is 0 Å². The van der Waals surface area contributed by atoms with Crippen LogP contribution in [0, 0.1) is 5.92 Å². The number of halogens is 2. The van der Waals surface area contributed by atoms with Gasteiger partial charge in [-0.1, -0.05) is 31.9 Å². The molecule has 1 aromatic carbocycles. The molecule has 108 valence electrons. The first kappa shape index (κ1) is 14.7. The Bertz CT molecular complexity index is 504. The molecule has 1 spiro atoms. The molecule has 2 fully saturated rings. The third-order valence-electron chi connectivity index (χ3n) is 4.08. The number of carbonyl (C=O) groups excluding carboxylic acids is 1. The van der Waals surface area contributed by atoms with Crippen LogP contribution in [0.1, 0.15) is 29.6 Å². The largest absolute Gasteiger partial charge is 0.378 e. The van der Waals surface area contributed by atoms with Crippen molar-refractivity contribution in [1.82, 2.24) is 0 Å². The average molecular weight is 404 g/mol. The van der Waals surface area contributed by atoms with E-state index in [9.17, 15) is 4.79 Å². The number of rotatable bonds is 2. The van der Waals surface area contributed by atoms with Crippen LogP contribution in [0.4, 0.5) is 0 Å². The molecular weight excluding hydrogens is 388 g/mol. The molecule has 3 nitrogen and oxygen atoms in total. The summed E-state index contributed by atoms with van der Waals surface area (Å²) in [5, 5.41) is 0. The molecule has 0 amide bonds. The van der Waals surface area contributed by atoms with Crippen LogP contribution in [-0.4, -0.2) is 31.2 Å². The first-order valence-electron chi connectivity index (χ1n) is 6.80. The van der Waals surface area contributed by atoms with E-state index < -0.39 is 0 Å². The first-order chi connectivity index (χ1) is 9.58. The topological polar surface area (TPSA) is 35.5 Å². The Balaban J connectivity index is 1.79. The second-order valence-corrected chi connectivity index (χ2v) is 7.38. The van der Waals surface area contributed by atoms with Crippen LogP contribution >= 0.6 is 31.9 Å². The zero-order valence-electron chi connectivity index (χ0n) is 11.0. The summed E-state index contributed by atoms with van der Waals surface area (Å²) in [6.07, 6.45) is 2.47. The highest BCUT2D eigenvalue weighted by atomic mass is 79.9. The quantitative estimate of drug-likeness (QED) is 0.700. The molecule has 2 saturated heterocycles. The van der Waals surface area contributed by atoms with Gasteiger partial charge < -0.3 is 9.47 Å². The lowest BCUT2D eigenvalue weighted by Gasteiger charge is -2.36. The molecule has 2 aliphatic rings. The Labute approximate surface area is 135 Å². The molecule has 2 atom stereocenters. The van der Waals surface area contributed by atoms with Crippen molar-refractivity contribution in [2.45, 2.75) is 24.9 Å². The summed E-state index contributed by atoms with van der Waals surface area (Å²) >= 11 is 6.88. The molecule has 5 heteroatoms. The highest BCUT2D eigenvalue weighted by Crippen LogP contribution is 2.37. The van der Waals surface area contributed by atoms with E-state index in [0.717, 1.165) is 40.4 Å². The molecule has 20 heavy (non-hydrogen) atoms. The van der Waals surface area contributed by atoms with Gasteiger partial charge in [-0.3, -0.25) is 4.79 Å². The lowest BCUT2D eigenvalue weighted by Crippen LogP contribution is -2.42. The van der Waals surface area contributed by atoms with E-state index in [0.29, 0.717) is 13.2 Å². The summed E-state index contributed by atoms with van der Waals surface area (Å²) in [5.41, 5.74) is 0.536. The van der Waals surface area contributed by atoms with Crippen LogP contribution < -0.4 is 0 Å². The van der Waals surface area contributed by atoms with Gasteiger partial charge >= 0.3 is 0 Å². The van der Waals surface area contributed by atoms with Crippen LogP contribution in [0.25, 0.3) is 0 Å². The molecule has 0 aliphatic carbocycles. The zero-order chi connectivity index (χ0) is 14.2. The molecule has 3 rings (SSSR count). The lowest BCUT2D eigenvalue weighted by atomic mass is 9.81. The summed E-state index contributed by atoms with van der Waals surface area (Å²) < 4.78 is 13.2. The highest BCUT2D eigenvalue weighted by Gasteiger charge is 2.43. The van der Waals surface area contributed by atoms with Crippen LogP contribution in [0.5, 0.6) is 0 Å². The van der Waals surface area contributed by atoms with Crippen molar-refractivity contribution < 1.29 is 14.3 Å². The third kappa shape index (κ3) is 3.01. The van der Waals surface area contributed by atoms with Crippen LogP contribution in [0.3, 0.4) is 0 Å². The van der Waals surface area contributed by atoms with Gasteiger partial charge in [-0.2, -0.15) is 0 Å². The maximum absolute atomic E-state index is 12.7. The lowest BCUT2D eigenvalue weighted by molar-refractivity contribution is -0.0920. The van der Waals surface area contributed by atoms with Crippen molar-refractivity contribution in [3.05, 3.63) is 32.7 Å². The molecule has 2 heterocycles. The monoisotopic (exact) mass is 402 g/mol. The van der Waals surface area contributed by atoms with Crippen molar-refractivity contribution in [1.29, 1.82) is 0 Å². The Morgan fingerprint density at radius 3 is 2.60 bits per heavy atom. The zero-order valence-corrected chi connectivity index (χ0v) is 14.2. The van der Waals surface area contributed by atoms with Gasteiger partial charge in [-0.25, -0.2) is 0 Å². The molecular formula is C15H16Br2O3. The van der Waals surface area contributed by atoms with Crippen molar-refractivity contribution in [3.63, 3.8) is 0 Å². The van der Waals surface area contributed by atoms with Gasteiger partial charge in [0, 0.05) is 40.1 Å². The maximum atomic E-state index is 12.7. The van der Waals surface area contributed by atoms with Crippen molar-refractivity contribution in [2.75, 3.05) is 19.8 Å². The fourth-order valence-corrected chi connectivity index (χ4v) is 4.34. The molecule has 2 unspecified atom stereocenters. The number of benzene rings is 1. The van der Waals surface area contributed by atoms with Gasteiger partial charge in [0.05, 0.1) is 12.2 Å². The number of hydrogen-bond acceptors (Lipinski definition) is 3. The van der Waals surface area contributed by atoms with E-state index in [1.54, 1.807) is 0 Å². The highest BCUT2D eigenvalue weighted by molar-refractivity contribution is 9.11. The smallest absolute Gasteiger partial charge is 0.166 e. The second-order valence-electron chi connectivity index (χ2n) is 5.55. The van der Waals surface area contributed by atoms with Crippen molar-refractivity contribution in [3.8, 4) is 0 Å². The van der Waals surface area contributed by atoms with E-state index >= 15 is 0 Å². The minimum Gasteiger partial charge on any atom is -0.378 e. The second kappa shape index (κ2) is 5.87. The molecule has 0 radical (unpaired) electrons. The number of hydrogen-bond donors (Lipinski definition) is 0. The summed E-state index contributed by atoms with van der Waals surface area (Å²) in [5.74, 6) is 0.244. The van der Waals surface area contributed by atoms with E-state index in [2.05, 4.69) is 31.9 Å². The maximum Gasteiger partial charge on any atom is 0.166 e. The van der Waals surface area contributed by atoms with E-state index in [1.165, 1.54) is 0 Å². The normalized spacial score (nSPS) is 29.8. The number of ether oxygens (including phenoxy) is 2. The number of carbonyl (C=O) groups is 1. The standard InChI is InChI=1S/C15H16Br2O3/c16-12-5-11(6-13(17)7-12)14(18)10-1-3-20-15(8-10)2-4-19-9-15/h5-7,10H,1-4,8-9H2. The Kier molecular flexibility index (Phi) is 4.32. The van der Waals surface area contributed by atoms with E-state index in [1.807, 2.05) is 18.2 Å². The van der Waals surface area contributed by atoms with Crippen LogP contribution in [0.2, 0.25) is 0 Å².